The Balaban J connectivity index is 1.75. The summed E-state index contributed by atoms with van der Waals surface area (Å²) in [5.41, 5.74) is 2.79. The van der Waals surface area contributed by atoms with Crippen molar-refractivity contribution in [1.82, 2.24) is 14.9 Å². The van der Waals surface area contributed by atoms with Gasteiger partial charge in [-0.25, -0.2) is 4.98 Å². The summed E-state index contributed by atoms with van der Waals surface area (Å²) in [6.45, 7) is 2.74. The van der Waals surface area contributed by atoms with Gasteiger partial charge >= 0.3 is 0 Å². The molecule has 0 spiro atoms. The van der Waals surface area contributed by atoms with Crippen LogP contribution < -0.4 is 5.32 Å². The van der Waals surface area contributed by atoms with Gasteiger partial charge in [0.15, 0.2) is 5.16 Å². The lowest BCUT2D eigenvalue weighted by atomic mass is 10.2. The molecular formula is C18H18ClN3OS. The molecular weight excluding hydrogens is 342 g/mol. The van der Waals surface area contributed by atoms with Crippen molar-refractivity contribution >= 4 is 40.3 Å². The van der Waals surface area contributed by atoms with Crippen LogP contribution in [-0.4, -0.2) is 21.2 Å². The summed E-state index contributed by atoms with van der Waals surface area (Å²) in [5, 5.41) is 4.46. The van der Waals surface area contributed by atoms with Crippen LogP contribution in [0.15, 0.2) is 53.7 Å². The molecule has 24 heavy (non-hydrogen) atoms. The van der Waals surface area contributed by atoms with E-state index in [0.717, 1.165) is 27.5 Å². The largest absolute Gasteiger partial charge is 0.350 e. The van der Waals surface area contributed by atoms with Gasteiger partial charge in [0.2, 0.25) is 5.91 Å². The van der Waals surface area contributed by atoms with Crippen molar-refractivity contribution in [2.45, 2.75) is 25.2 Å². The Hall–Kier alpha value is -1.98. The van der Waals surface area contributed by atoms with Crippen LogP contribution in [0.3, 0.4) is 0 Å². The molecule has 2 aromatic carbocycles. The van der Waals surface area contributed by atoms with Gasteiger partial charge in [-0.1, -0.05) is 60.6 Å². The molecule has 0 saturated carbocycles. The molecule has 6 heteroatoms. The van der Waals surface area contributed by atoms with Crippen LogP contribution in [0, 0.1) is 0 Å². The monoisotopic (exact) mass is 359 g/mol. The molecule has 1 N–H and O–H groups in total. The highest BCUT2D eigenvalue weighted by Gasteiger charge is 2.13. The van der Waals surface area contributed by atoms with Crippen molar-refractivity contribution in [3.8, 4) is 0 Å². The van der Waals surface area contributed by atoms with Crippen molar-refractivity contribution in [3.05, 3.63) is 59.1 Å². The van der Waals surface area contributed by atoms with Gasteiger partial charge in [0, 0.05) is 11.6 Å². The van der Waals surface area contributed by atoms with E-state index < -0.39 is 0 Å². The third-order valence-electron chi connectivity index (χ3n) is 3.63. The molecule has 3 aromatic rings. The minimum absolute atomic E-state index is 0.0592. The number of halogens is 1. The molecule has 0 aliphatic heterocycles. The zero-order valence-corrected chi connectivity index (χ0v) is 14.9. The fourth-order valence-electron chi connectivity index (χ4n) is 2.48. The molecule has 1 heterocycles. The highest BCUT2D eigenvalue weighted by atomic mass is 35.5. The number of rotatable bonds is 6. The maximum atomic E-state index is 12.4. The lowest BCUT2D eigenvalue weighted by molar-refractivity contribution is -0.121. The van der Waals surface area contributed by atoms with Crippen LogP contribution in [0.2, 0.25) is 5.02 Å². The molecule has 0 aliphatic carbocycles. The summed E-state index contributed by atoms with van der Waals surface area (Å²) in [6.07, 6.45) is 0. The first-order valence-corrected chi connectivity index (χ1v) is 9.13. The standard InChI is InChI=1S/C18H18ClN3OS/c1-2-24-18-21-15-9-5-6-10-16(15)22(18)12-17(23)20-11-13-7-3-4-8-14(13)19/h3-10H,2,11-12H2,1H3,(H,20,23). The van der Waals surface area contributed by atoms with Gasteiger partial charge in [-0.2, -0.15) is 0 Å². The number of hydrogen-bond acceptors (Lipinski definition) is 3. The van der Waals surface area contributed by atoms with Crippen LogP contribution in [0.4, 0.5) is 0 Å². The first-order valence-electron chi connectivity index (χ1n) is 7.77. The minimum Gasteiger partial charge on any atom is -0.350 e. The lowest BCUT2D eigenvalue weighted by Crippen LogP contribution is -2.27. The molecule has 0 atom stereocenters. The van der Waals surface area contributed by atoms with Crippen LogP contribution >= 0.6 is 23.4 Å². The number of amides is 1. The molecule has 0 unspecified atom stereocenters. The second-order valence-electron chi connectivity index (χ2n) is 5.27. The number of para-hydroxylation sites is 2. The van der Waals surface area contributed by atoms with Gasteiger partial charge in [-0.15, -0.1) is 0 Å². The average Bonchev–Trinajstić information content (AvgIpc) is 2.92. The fourth-order valence-corrected chi connectivity index (χ4v) is 3.42. The second kappa shape index (κ2) is 7.73. The molecule has 3 rings (SSSR count). The Morgan fingerprint density at radius 3 is 2.75 bits per heavy atom. The summed E-state index contributed by atoms with van der Waals surface area (Å²) in [7, 11) is 0. The third kappa shape index (κ3) is 3.74. The van der Waals surface area contributed by atoms with Crippen LogP contribution in [0.25, 0.3) is 11.0 Å². The first kappa shape index (κ1) is 16.9. The summed E-state index contributed by atoms with van der Waals surface area (Å²) < 4.78 is 1.96. The minimum atomic E-state index is -0.0592. The Labute approximate surface area is 150 Å². The predicted octanol–water partition coefficient (Wildman–Crippen LogP) is 4.12. The SMILES string of the molecule is CCSc1nc2ccccc2n1CC(=O)NCc1ccccc1Cl. The number of nitrogens with one attached hydrogen (secondary N) is 1. The number of carbonyl (C=O) groups is 1. The van der Waals surface area contributed by atoms with E-state index >= 15 is 0 Å². The van der Waals surface area contributed by atoms with Crippen molar-refractivity contribution < 1.29 is 4.79 Å². The van der Waals surface area contributed by atoms with Crippen molar-refractivity contribution in [3.63, 3.8) is 0 Å². The second-order valence-corrected chi connectivity index (χ2v) is 6.91. The van der Waals surface area contributed by atoms with Crippen LogP contribution in [-0.2, 0) is 17.9 Å². The van der Waals surface area contributed by atoms with E-state index in [1.165, 1.54) is 0 Å². The number of hydrogen-bond donors (Lipinski definition) is 1. The quantitative estimate of drug-likeness (QED) is 0.673. The smallest absolute Gasteiger partial charge is 0.240 e. The van der Waals surface area contributed by atoms with E-state index in [4.69, 9.17) is 11.6 Å². The van der Waals surface area contributed by atoms with E-state index in [9.17, 15) is 4.79 Å². The number of benzene rings is 2. The Kier molecular flexibility index (Phi) is 5.43. The van der Waals surface area contributed by atoms with Gasteiger partial charge in [-0.3, -0.25) is 4.79 Å². The van der Waals surface area contributed by atoms with Crippen molar-refractivity contribution in [2.24, 2.45) is 0 Å². The number of imidazole rings is 1. The van der Waals surface area contributed by atoms with E-state index in [-0.39, 0.29) is 12.5 Å². The molecule has 1 aromatic heterocycles. The van der Waals surface area contributed by atoms with Gasteiger partial charge in [-0.05, 0) is 29.5 Å². The third-order valence-corrected chi connectivity index (χ3v) is 4.86. The average molecular weight is 360 g/mol. The topological polar surface area (TPSA) is 46.9 Å². The van der Waals surface area contributed by atoms with Gasteiger partial charge < -0.3 is 9.88 Å². The molecule has 0 aliphatic rings. The maximum absolute atomic E-state index is 12.4. The normalized spacial score (nSPS) is 10.9. The molecule has 0 bridgehead atoms. The Bertz CT molecular complexity index is 862. The number of carbonyl (C=O) groups excluding carboxylic acids is 1. The summed E-state index contributed by atoms with van der Waals surface area (Å²) >= 11 is 7.76. The zero-order chi connectivity index (χ0) is 16.9. The summed E-state index contributed by atoms with van der Waals surface area (Å²) in [6, 6.07) is 15.4. The van der Waals surface area contributed by atoms with E-state index in [1.54, 1.807) is 11.8 Å². The van der Waals surface area contributed by atoms with E-state index in [2.05, 4.69) is 17.2 Å². The summed E-state index contributed by atoms with van der Waals surface area (Å²) in [4.78, 5) is 17.0. The molecule has 0 fully saturated rings. The van der Waals surface area contributed by atoms with E-state index in [1.807, 2.05) is 53.1 Å². The van der Waals surface area contributed by atoms with Crippen LogP contribution in [0.5, 0.6) is 0 Å². The van der Waals surface area contributed by atoms with Crippen molar-refractivity contribution in [2.75, 3.05) is 5.75 Å². The first-order chi connectivity index (χ1) is 11.7. The number of aromatic nitrogens is 2. The fraction of sp³-hybridized carbons (Fsp3) is 0.222. The predicted molar refractivity (Wildman–Crippen MR) is 99.4 cm³/mol. The van der Waals surface area contributed by atoms with Gasteiger partial charge in [0.05, 0.1) is 11.0 Å². The van der Waals surface area contributed by atoms with Crippen molar-refractivity contribution in [1.29, 1.82) is 0 Å². The summed E-state index contributed by atoms with van der Waals surface area (Å²) in [5.74, 6) is 0.848. The van der Waals surface area contributed by atoms with Gasteiger partial charge in [0.25, 0.3) is 0 Å². The van der Waals surface area contributed by atoms with Gasteiger partial charge in [0.1, 0.15) is 6.54 Å². The number of nitrogens with zero attached hydrogens (tertiary/aromatic N) is 2. The molecule has 124 valence electrons. The molecule has 1 amide bonds. The molecule has 0 saturated heterocycles. The highest BCUT2D eigenvalue weighted by molar-refractivity contribution is 7.99. The Morgan fingerprint density at radius 1 is 1.21 bits per heavy atom. The number of thioether (sulfide) groups is 1. The van der Waals surface area contributed by atoms with Crippen LogP contribution in [0.1, 0.15) is 12.5 Å². The Morgan fingerprint density at radius 2 is 1.96 bits per heavy atom. The molecule has 0 radical (unpaired) electrons. The van der Waals surface area contributed by atoms with E-state index in [0.29, 0.717) is 11.6 Å². The maximum Gasteiger partial charge on any atom is 0.240 e. The number of fused-ring (bicyclic) bond motifs is 1. The molecule has 4 nitrogen and oxygen atoms in total. The zero-order valence-electron chi connectivity index (χ0n) is 13.3. The lowest BCUT2D eigenvalue weighted by Gasteiger charge is -2.10. The highest BCUT2D eigenvalue weighted by Crippen LogP contribution is 2.23.